The van der Waals surface area contributed by atoms with Crippen LogP contribution in [0.5, 0.6) is 17.2 Å². The molecule has 0 aliphatic carbocycles. The van der Waals surface area contributed by atoms with Gasteiger partial charge < -0.3 is 24.8 Å². The van der Waals surface area contributed by atoms with Crippen LogP contribution < -0.4 is 24.8 Å². The molecular formula is C18H21ClN2O4. The Bertz CT molecular complexity index is 735. The number of benzene rings is 2. The highest BCUT2D eigenvalue weighted by atomic mass is 35.5. The molecule has 0 spiro atoms. The van der Waals surface area contributed by atoms with Crippen LogP contribution in [-0.2, 0) is 4.79 Å². The molecule has 134 valence electrons. The molecule has 7 heteroatoms. The Morgan fingerprint density at radius 1 is 1.00 bits per heavy atom. The number of halogens is 1. The molecule has 0 radical (unpaired) electrons. The van der Waals surface area contributed by atoms with Gasteiger partial charge in [0.15, 0.2) is 0 Å². The fourth-order valence-electron chi connectivity index (χ4n) is 2.20. The smallest absolute Gasteiger partial charge is 0.246 e. The molecule has 0 bridgehead atoms. The van der Waals surface area contributed by atoms with Gasteiger partial charge in [0.05, 0.1) is 32.0 Å². The third kappa shape index (κ3) is 4.70. The molecule has 0 saturated carbocycles. The summed E-state index contributed by atoms with van der Waals surface area (Å²) in [6.07, 6.45) is 0. The second-order valence-corrected chi connectivity index (χ2v) is 5.68. The molecule has 2 aromatic carbocycles. The predicted octanol–water partition coefficient (Wildman–Crippen LogP) is 3.80. The summed E-state index contributed by atoms with van der Waals surface area (Å²) in [4.78, 5) is 12.4. The van der Waals surface area contributed by atoms with Crippen molar-refractivity contribution in [3.63, 3.8) is 0 Å². The normalized spacial score (nSPS) is 11.4. The van der Waals surface area contributed by atoms with E-state index in [0.717, 1.165) is 5.75 Å². The standard InChI is InChI=1S/C18H21ClN2O4/c1-11(18(22)21-12-5-7-13(23-2)8-6-12)20-15-9-14(19)16(24-3)10-17(15)25-4/h5-11,20H,1-4H3,(H,21,22). The highest BCUT2D eigenvalue weighted by molar-refractivity contribution is 6.32. The minimum Gasteiger partial charge on any atom is -0.497 e. The number of carbonyl (C=O) groups is 1. The monoisotopic (exact) mass is 364 g/mol. The van der Waals surface area contributed by atoms with E-state index < -0.39 is 6.04 Å². The summed E-state index contributed by atoms with van der Waals surface area (Å²) in [7, 11) is 4.65. The van der Waals surface area contributed by atoms with Gasteiger partial charge in [-0.05, 0) is 37.3 Å². The Labute approximate surface area is 152 Å². The van der Waals surface area contributed by atoms with E-state index in [9.17, 15) is 4.79 Å². The average Bonchev–Trinajstić information content (AvgIpc) is 2.62. The minimum atomic E-state index is -0.513. The van der Waals surface area contributed by atoms with Crippen LogP contribution in [0.1, 0.15) is 6.92 Å². The molecule has 1 atom stereocenters. The predicted molar refractivity (Wildman–Crippen MR) is 99.3 cm³/mol. The Hall–Kier alpha value is -2.60. The Morgan fingerprint density at radius 3 is 2.20 bits per heavy atom. The molecule has 6 nitrogen and oxygen atoms in total. The highest BCUT2D eigenvalue weighted by Crippen LogP contribution is 2.36. The van der Waals surface area contributed by atoms with Gasteiger partial charge >= 0.3 is 0 Å². The third-order valence-corrected chi connectivity index (χ3v) is 3.89. The van der Waals surface area contributed by atoms with E-state index in [-0.39, 0.29) is 5.91 Å². The van der Waals surface area contributed by atoms with E-state index in [1.165, 1.54) is 14.2 Å². The summed E-state index contributed by atoms with van der Waals surface area (Å²) >= 11 is 6.15. The number of hydrogen-bond acceptors (Lipinski definition) is 5. The van der Waals surface area contributed by atoms with E-state index in [2.05, 4.69) is 10.6 Å². The molecular weight excluding hydrogens is 344 g/mol. The second-order valence-electron chi connectivity index (χ2n) is 5.27. The van der Waals surface area contributed by atoms with Gasteiger partial charge in [0.1, 0.15) is 23.3 Å². The van der Waals surface area contributed by atoms with Crippen LogP contribution in [-0.4, -0.2) is 33.3 Å². The first-order chi connectivity index (χ1) is 12.0. The number of ether oxygens (including phenoxy) is 3. The number of nitrogens with one attached hydrogen (secondary N) is 2. The van der Waals surface area contributed by atoms with Gasteiger partial charge in [-0.1, -0.05) is 11.6 Å². The van der Waals surface area contributed by atoms with Gasteiger partial charge in [-0.2, -0.15) is 0 Å². The zero-order chi connectivity index (χ0) is 18.4. The van der Waals surface area contributed by atoms with Gasteiger partial charge in [0, 0.05) is 11.8 Å². The molecule has 0 heterocycles. The first kappa shape index (κ1) is 18.7. The molecule has 1 amide bonds. The maximum Gasteiger partial charge on any atom is 0.246 e. The Kier molecular flexibility index (Phi) is 6.36. The van der Waals surface area contributed by atoms with Crippen molar-refractivity contribution in [1.29, 1.82) is 0 Å². The van der Waals surface area contributed by atoms with Crippen LogP contribution in [0.2, 0.25) is 5.02 Å². The minimum absolute atomic E-state index is 0.195. The van der Waals surface area contributed by atoms with Crippen molar-refractivity contribution in [1.82, 2.24) is 0 Å². The summed E-state index contributed by atoms with van der Waals surface area (Å²) < 4.78 is 15.6. The SMILES string of the molecule is COc1ccc(NC(=O)C(C)Nc2cc(Cl)c(OC)cc2OC)cc1. The van der Waals surface area contributed by atoms with Gasteiger partial charge in [-0.3, -0.25) is 4.79 Å². The van der Waals surface area contributed by atoms with Crippen molar-refractivity contribution in [2.24, 2.45) is 0 Å². The summed E-state index contributed by atoms with van der Waals surface area (Å²) in [5.74, 6) is 1.56. The van der Waals surface area contributed by atoms with E-state index in [1.54, 1.807) is 50.4 Å². The molecule has 0 aliphatic heterocycles. The van der Waals surface area contributed by atoms with Crippen LogP contribution in [0.4, 0.5) is 11.4 Å². The van der Waals surface area contributed by atoms with Gasteiger partial charge in [-0.15, -0.1) is 0 Å². The largest absolute Gasteiger partial charge is 0.497 e. The number of amides is 1. The number of methoxy groups -OCH3 is 3. The zero-order valence-corrected chi connectivity index (χ0v) is 15.3. The quantitative estimate of drug-likeness (QED) is 0.782. The van der Waals surface area contributed by atoms with Crippen molar-refractivity contribution in [2.75, 3.05) is 32.0 Å². The third-order valence-electron chi connectivity index (χ3n) is 3.60. The second kappa shape index (κ2) is 8.48. The number of hydrogen-bond donors (Lipinski definition) is 2. The van der Waals surface area contributed by atoms with Crippen LogP contribution in [0.3, 0.4) is 0 Å². The highest BCUT2D eigenvalue weighted by Gasteiger charge is 2.17. The van der Waals surface area contributed by atoms with Crippen LogP contribution in [0, 0.1) is 0 Å². The van der Waals surface area contributed by atoms with E-state index >= 15 is 0 Å². The number of carbonyl (C=O) groups excluding carboxylic acids is 1. The average molecular weight is 365 g/mol. The summed E-state index contributed by atoms with van der Waals surface area (Å²) in [5, 5.41) is 6.35. The number of anilines is 2. The zero-order valence-electron chi connectivity index (χ0n) is 14.6. The molecule has 2 rings (SSSR count). The summed E-state index contributed by atoms with van der Waals surface area (Å²) in [5.41, 5.74) is 1.28. The molecule has 0 aromatic heterocycles. The number of rotatable bonds is 7. The molecule has 2 aromatic rings. The topological polar surface area (TPSA) is 68.8 Å². The van der Waals surface area contributed by atoms with E-state index in [1.807, 2.05) is 0 Å². The first-order valence-corrected chi connectivity index (χ1v) is 7.99. The van der Waals surface area contributed by atoms with E-state index in [0.29, 0.717) is 27.9 Å². The first-order valence-electron chi connectivity index (χ1n) is 7.61. The van der Waals surface area contributed by atoms with Crippen LogP contribution in [0.15, 0.2) is 36.4 Å². The lowest BCUT2D eigenvalue weighted by molar-refractivity contribution is -0.116. The van der Waals surface area contributed by atoms with Gasteiger partial charge in [-0.25, -0.2) is 0 Å². The molecule has 0 saturated heterocycles. The van der Waals surface area contributed by atoms with Crippen LogP contribution in [0.25, 0.3) is 0 Å². The van der Waals surface area contributed by atoms with Gasteiger partial charge in [0.25, 0.3) is 0 Å². The molecule has 0 aliphatic rings. The molecule has 25 heavy (non-hydrogen) atoms. The Morgan fingerprint density at radius 2 is 1.64 bits per heavy atom. The van der Waals surface area contributed by atoms with Crippen molar-refractivity contribution in [3.8, 4) is 17.2 Å². The summed E-state index contributed by atoms with van der Waals surface area (Å²) in [6, 6.07) is 9.91. The van der Waals surface area contributed by atoms with Crippen molar-refractivity contribution < 1.29 is 19.0 Å². The van der Waals surface area contributed by atoms with Crippen LogP contribution >= 0.6 is 11.6 Å². The maximum absolute atomic E-state index is 12.4. The van der Waals surface area contributed by atoms with E-state index in [4.69, 9.17) is 25.8 Å². The van der Waals surface area contributed by atoms with Crippen molar-refractivity contribution in [3.05, 3.63) is 41.4 Å². The fourth-order valence-corrected chi connectivity index (χ4v) is 2.44. The molecule has 1 unspecified atom stereocenters. The lowest BCUT2D eigenvalue weighted by atomic mass is 10.2. The lowest BCUT2D eigenvalue weighted by Crippen LogP contribution is -2.32. The maximum atomic E-state index is 12.4. The molecule has 2 N–H and O–H groups in total. The van der Waals surface area contributed by atoms with Gasteiger partial charge in [0.2, 0.25) is 5.91 Å². The molecule has 0 fully saturated rings. The van der Waals surface area contributed by atoms with Crippen molar-refractivity contribution in [2.45, 2.75) is 13.0 Å². The lowest BCUT2D eigenvalue weighted by Gasteiger charge is -2.18. The summed E-state index contributed by atoms with van der Waals surface area (Å²) in [6.45, 7) is 1.75. The Balaban J connectivity index is 2.08. The fraction of sp³-hybridized carbons (Fsp3) is 0.278. The van der Waals surface area contributed by atoms with Crippen molar-refractivity contribution >= 4 is 28.9 Å².